The molecule has 7 heteroatoms. The second-order valence-electron chi connectivity index (χ2n) is 5.10. The van der Waals surface area contributed by atoms with Crippen molar-refractivity contribution >= 4 is 51.9 Å². The zero-order valence-electron chi connectivity index (χ0n) is 13.1. The summed E-state index contributed by atoms with van der Waals surface area (Å²) in [7, 11) is 1.56. The molecule has 25 heavy (non-hydrogen) atoms. The predicted octanol–water partition coefficient (Wildman–Crippen LogP) is 2.46. The number of amides is 1. The Hall–Kier alpha value is -2.64. The standard InChI is InChI=1S/C18H13NO4S2/c1-23-14-8-3-2-5-11(14)10-15-16(20)19(18(24)25-15)13-7-4-6-12(9-13)17(21)22/h2-10H,1H3,(H,21,22)/p-1/b15-10-. The molecule has 0 N–H and O–H groups in total. The number of para-hydroxylation sites is 1. The summed E-state index contributed by atoms with van der Waals surface area (Å²) in [5, 5.41) is 11.0. The van der Waals surface area contributed by atoms with Gasteiger partial charge in [0.1, 0.15) is 5.75 Å². The van der Waals surface area contributed by atoms with Gasteiger partial charge in [0.25, 0.3) is 5.91 Å². The van der Waals surface area contributed by atoms with Gasteiger partial charge in [0, 0.05) is 5.56 Å². The number of carboxylic acids is 1. The van der Waals surface area contributed by atoms with E-state index >= 15 is 0 Å². The largest absolute Gasteiger partial charge is 0.545 e. The molecule has 1 aliphatic heterocycles. The van der Waals surface area contributed by atoms with Crippen LogP contribution in [0.25, 0.3) is 6.08 Å². The van der Waals surface area contributed by atoms with Crippen LogP contribution in [0.3, 0.4) is 0 Å². The summed E-state index contributed by atoms with van der Waals surface area (Å²) in [5.41, 5.74) is 1.14. The van der Waals surface area contributed by atoms with Gasteiger partial charge in [-0.25, -0.2) is 0 Å². The van der Waals surface area contributed by atoms with E-state index in [2.05, 4.69) is 0 Å². The minimum absolute atomic E-state index is 0.0136. The first-order chi connectivity index (χ1) is 12.0. The lowest BCUT2D eigenvalue weighted by molar-refractivity contribution is -0.255. The SMILES string of the molecule is COc1ccccc1/C=C1\SC(=S)N(c2cccc(C(=O)[O-])c2)C1=O. The second-order valence-corrected chi connectivity index (χ2v) is 6.77. The number of carbonyl (C=O) groups excluding carboxylic acids is 2. The Labute approximate surface area is 153 Å². The quantitative estimate of drug-likeness (QED) is 0.608. The van der Waals surface area contributed by atoms with E-state index in [9.17, 15) is 14.7 Å². The Kier molecular flexibility index (Phi) is 4.87. The van der Waals surface area contributed by atoms with E-state index in [1.54, 1.807) is 31.4 Å². The van der Waals surface area contributed by atoms with Crippen molar-refractivity contribution in [1.29, 1.82) is 0 Å². The smallest absolute Gasteiger partial charge is 0.270 e. The number of thiocarbonyl (C=S) groups is 1. The Morgan fingerprint density at radius 1 is 1.24 bits per heavy atom. The summed E-state index contributed by atoms with van der Waals surface area (Å²) in [6, 6.07) is 13.3. The zero-order valence-corrected chi connectivity index (χ0v) is 14.7. The minimum Gasteiger partial charge on any atom is -0.545 e. The molecule has 0 saturated carbocycles. The number of thioether (sulfide) groups is 1. The molecular formula is C18H12NO4S2-. The van der Waals surface area contributed by atoms with Crippen molar-refractivity contribution in [2.45, 2.75) is 0 Å². The lowest BCUT2D eigenvalue weighted by Gasteiger charge is -2.15. The van der Waals surface area contributed by atoms with Crippen LogP contribution in [-0.2, 0) is 4.79 Å². The lowest BCUT2D eigenvalue weighted by atomic mass is 10.1. The van der Waals surface area contributed by atoms with Gasteiger partial charge in [0.2, 0.25) is 0 Å². The lowest BCUT2D eigenvalue weighted by Crippen LogP contribution is -2.28. The van der Waals surface area contributed by atoms with E-state index in [-0.39, 0.29) is 11.5 Å². The molecule has 1 aliphatic rings. The number of carbonyl (C=O) groups is 2. The van der Waals surface area contributed by atoms with Crippen LogP contribution in [0.15, 0.2) is 53.4 Å². The summed E-state index contributed by atoms with van der Waals surface area (Å²) in [5.74, 6) is -0.972. The topological polar surface area (TPSA) is 69.7 Å². The first kappa shape index (κ1) is 17.2. The number of rotatable bonds is 4. The number of anilines is 1. The Morgan fingerprint density at radius 3 is 2.72 bits per heavy atom. The molecule has 0 aromatic heterocycles. The van der Waals surface area contributed by atoms with Crippen molar-refractivity contribution < 1.29 is 19.4 Å². The maximum atomic E-state index is 12.7. The van der Waals surface area contributed by atoms with E-state index in [4.69, 9.17) is 17.0 Å². The van der Waals surface area contributed by atoms with Crippen molar-refractivity contribution in [2.24, 2.45) is 0 Å². The first-order valence-electron chi connectivity index (χ1n) is 7.23. The van der Waals surface area contributed by atoms with Crippen LogP contribution in [0.5, 0.6) is 5.75 Å². The maximum Gasteiger partial charge on any atom is 0.270 e. The molecule has 2 aromatic rings. The van der Waals surface area contributed by atoms with E-state index < -0.39 is 5.97 Å². The molecule has 5 nitrogen and oxygen atoms in total. The fraction of sp³-hybridized carbons (Fsp3) is 0.0556. The Balaban J connectivity index is 1.97. The summed E-state index contributed by atoms with van der Waals surface area (Å²) >= 11 is 6.45. The number of aromatic carboxylic acids is 1. The summed E-state index contributed by atoms with van der Waals surface area (Å²) in [4.78, 5) is 25.5. The van der Waals surface area contributed by atoms with E-state index in [1.807, 2.05) is 18.2 Å². The molecule has 126 valence electrons. The van der Waals surface area contributed by atoms with Crippen LogP contribution in [0.4, 0.5) is 5.69 Å². The van der Waals surface area contributed by atoms with Crippen molar-refractivity contribution in [3.8, 4) is 5.75 Å². The third kappa shape index (κ3) is 3.42. The number of methoxy groups -OCH3 is 1. The average Bonchev–Trinajstić information content (AvgIpc) is 2.89. The van der Waals surface area contributed by atoms with Gasteiger partial charge in [-0.15, -0.1) is 0 Å². The first-order valence-corrected chi connectivity index (χ1v) is 8.46. The molecule has 1 saturated heterocycles. The third-order valence-electron chi connectivity index (χ3n) is 3.56. The average molecular weight is 370 g/mol. The highest BCUT2D eigenvalue weighted by Gasteiger charge is 2.33. The number of hydrogen-bond donors (Lipinski definition) is 0. The molecule has 3 rings (SSSR count). The highest BCUT2D eigenvalue weighted by atomic mass is 32.2. The fourth-order valence-corrected chi connectivity index (χ4v) is 3.68. The van der Waals surface area contributed by atoms with Crippen molar-refractivity contribution in [1.82, 2.24) is 0 Å². The van der Waals surface area contributed by atoms with Gasteiger partial charge in [-0.1, -0.05) is 54.3 Å². The molecule has 1 fully saturated rings. The molecule has 0 spiro atoms. The number of hydrogen-bond acceptors (Lipinski definition) is 6. The Morgan fingerprint density at radius 2 is 2.00 bits per heavy atom. The molecule has 2 aromatic carbocycles. The summed E-state index contributed by atoms with van der Waals surface area (Å²) < 4.78 is 5.62. The summed E-state index contributed by atoms with van der Waals surface area (Å²) in [6.45, 7) is 0. The van der Waals surface area contributed by atoms with Gasteiger partial charge in [-0.3, -0.25) is 9.69 Å². The normalized spacial score (nSPS) is 15.7. The summed E-state index contributed by atoms with van der Waals surface area (Å²) in [6.07, 6.45) is 1.71. The van der Waals surface area contributed by atoms with Gasteiger partial charge in [-0.2, -0.15) is 0 Å². The maximum absolute atomic E-state index is 12.7. The highest BCUT2D eigenvalue weighted by Crippen LogP contribution is 2.37. The van der Waals surface area contributed by atoms with Gasteiger partial charge >= 0.3 is 0 Å². The van der Waals surface area contributed by atoms with Crippen molar-refractivity contribution in [3.63, 3.8) is 0 Å². The van der Waals surface area contributed by atoms with E-state index in [0.29, 0.717) is 20.7 Å². The molecule has 0 radical (unpaired) electrons. The minimum atomic E-state index is -1.31. The molecule has 1 heterocycles. The highest BCUT2D eigenvalue weighted by molar-refractivity contribution is 8.27. The van der Waals surface area contributed by atoms with Gasteiger partial charge in [-0.05, 0) is 29.8 Å². The van der Waals surface area contributed by atoms with E-state index in [1.165, 1.54) is 17.0 Å². The number of ether oxygens (including phenoxy) is 1. The molecule has 1 amide bonds. The van der Waals surface area contributed by atoms with Crippen molar-refractivity contribution in [2.75, 3.05) is 12.0 Å². The van der Waals surface area contributed by atoms with Gasteiger partial charge in [0.15, 0.2) is 4.32 Å². The van der Waals surface area contributed by atoms with Crippen LogP contribution < -0.4 is 14.7 Å². The molecule has 0 atom stereocenters. The number of nitrogens with zero attached hydrogens (tertiary/aromatic N) is 1. The van der Waals surface area contributed by atoms with Crippen LogP contribution in [-0.4, -0.2) is 23.3 Å². The van der Waals surface area contributed by atoms with Gasteiger partial charge < -0.3 is 14.6 Å². The second kappa shape index (κ2) is 7.08. The predicted molar refractivity (Wildman–Crippen MR) is 99.4 cm³/mol. The van der Waals surface area contributed by atoms with Crippen LogP contribution in [0, 0.1) is 0 Å². The Bertz CT molecular complexity index is 907. The number of carboxylic acid groups (broad SMARTS) is 1. The zero-order chi connectivity index (χ0) is 18.0. The third-order valence-corrected chi connectivity index (χ3v) is 4.86. The molecule has 0 unspecified atom stereocenters. The van der Waals surface area contributed by atoms with E-state index in [0.717, 1.165) is 17.3 Å². The number of benzene rings is 2. The molecular weight excluding hydrogens is 358 g/mol. The van der Waals surface area contributed by atoms with Gasteiger partial charge in [0.05, 0.1) is 23.7 Å². The van der Waals surface area contributed by atoms with Crippen LogP contribution in [0.2, 0.25) is 0 Å². The van der Waals surface area contributed by atoms with Crippen LogP contribution in [0.1, 0.15) is 15.9 Å². The monoisotopic (exact) mass is 370 g/mol. The van der Waals surface area contributed by atoms with Crippen molar-refractivity contribution in [3.05, 3.63) is 64.6 Å². The van der Waals surface area contributed by atoms with Crippen LogP contribution >= 0.6 is 24.0 Å². The fourth-order valence-electron chi connectivity index (χ4n) is 2.39. The molecule has 0 bridgehead atoms. The molecule has 0 aliphatic carbocycles.